The monoisotopic (exact) mass is 363 g/mol. The van der Waals surface area contributed by atoms with Crippen LogP contribution >= 0.6 is 0 Å². The number of aryl methyl sites for hydroxylation is 1. The van der Waals surface area contributed by atoms with Crippen molar-refractivity contribution >= 4 is 27.3 Å². The van der Waals surface area contributed by atoms with Crippen LogP contribution in [-0.2, 0) is 21.2 Å². The van der Waals surface area contributed by atoms with E-state index in [9.17, 15) is 23.3 Å². The Morgan fingerprint density at radius 2 is 1.80 bits per heavy atom. The molecule has 0 aliphatic rings. The van der Waals surface area contributed by atoms with Crippen molar-refractivity contribution in [3.05, 3.63) is 63.7 Å². The molecule has 0 bridgehead atoms. The number of carbonyl (C=O) groups excluding carboxylic acids is 1. The van der Waals surface area contributed by atoms with E-state index >= 15 is 0 Å². The Morgan fingerprint density at radius 1 is 1.16 bits per heavy atom. The molecule has 0 aromatic heterocycles. The number of anilines is 1. The number of rotatable bonds is 6. The van der Waals surface area contributed by atoms with Gasteiger partial charge in [-0.15, -0.1) is 0 Å². The van der Waals surface area contributed by atoms with Crippen LogP contribution in [0.1, 0.15) is 11.1 Å². The summed E-state index contributed by atoms with van der Waals surface area (Å²) in [7, 11) is -2.44. The molecule has 2 rings (SSSR count). The highest BCUT2D eigenvalue weighted by molar-refractivity contribution is 7.92. The zero-order chi connectivity index (χ0) is 18.6. The third-order valence-corrected chi connectivity index (χ3v) is 5.05. The summed E-state index contributed by atoms with van der Waals surface area (Å²) in [4.78, 5) is 21.4. The van der Waals surface area contributed by atoms with Gasteiger partial charge in [0, 0.05) is 24.9 Å². The topological polar surface area (TPSA) is 118 Å². The van der Waals surface area contributed by atoms with Crippen LogP contribution in [0.3, 0.4) is 0 Å². The first kappa shape index (κ1) is 18.4. The molecule has 2 aromatic rings. The first-order valence-corrected chi connectivity index (χ1v) is 8.78. The number of nitrogens with zero attached hydrogens (tertiary/aromatic N) is 1. The molecule has 0 unspecified atom stereocenters. The molecule has 0 saturated carbocycles. The molecule has 8 nitrogen and oxygen atoms in total. The van der Waals surface area contributed by atoms with E-state index in [0.29, 0.717) is 11.3 Å². The molecule has 0 fully saturated rings. The van der Waals surface area contributed by atoms with Crippen molar-refractivity contribution in [1.82, 2.24) is 5.32 Å². The fourth-order valence-corrected chi connectivity index (χ4v) is 3.49. The number of nitro groups is 1. The normalized spacial score (nSPS) is 11.0. The number of sulfonamides is 1. The van der Waals surface area contributed by atoms with Crippen molar-refractivity contribution in [2.75, 3.05) is 11.8 Å². The van der Waals surface area contributed by atoms with E-state index < -0.39 is 14.9 Å². The molecule has 25 heavy (non-hydrogen) atoms. The molecule has 0 heterocycles. The first-order valence-electron chi connectivity index (χ1n) is 7.30. The fraction of sp³-hybridized carbons (Fsp3) is 0.188. The molecule has 0 saturated heterocycles. The van der Waals surface area contributed by atoms with Crippen LogP contribution < -0.4 is 10.0 Å². The Kier molecular flexibility index (Phi) is 5.38. The Morgan fingerprint density at radius 3 is 2.36 bits per heavy atom. The summed E-state index contributed by atoms with van der Waals surface area (Å²) in [6, 6.07) is 9.99. The molecule has 0 atom stereocenters. The van der Waals surface area contributed by atoms with E-state index in [1.165, 1.54) is 31.3 Å². The second kappa shape index (κ2) is 7.31. The lowest BCUT2D eigenvalue weighted by Crippen LogP contribution is -2.20. The molecule has 2 aromatic carbocycles. The van der Waals surface area contributed by atoms with Gasteiger partial charge in [0.05, 0.1) is 16.2 Å². The highest BCUT2D eigenvalue weighted by atomic mass is 32.2. The maximum atomic E-state index is 12.5. The third kappa shape index (κ3) is 4.54. The van der Waals surface area contributed by atoms with Crippen molar-refractivity contribution in [1.29, 1.82) is 0 Å². The van der Waals surface area contributed by atoms with Gasteiger partial charge in [-0.1, -0.05) is 18.2 Å². The molecule has 132 valence electrons. The van der Waals surface area contributed by atoms with Crippen LogP contribution in [0.25, 0.3) is 0 Å². The van der Waals surface area contributed by atoms with Crippen LogP contribution in [0, 0.1) is 17.0 Å². The van der Waals surface area contributed by atoms with Crippen LogP contribution in [-0.4, -0.2) is 26.3 Å². The van der Waals surface area contributed by atoms with Crippen molar-refractivity contribution in [3.63, 3.8) is 0 Å². The Bertz CT molecular complexity index is 908. The summed E-state index contributed by atoms with van der Waals surface area (Å²) in [5.74, 6) is -0.152. The van der Waals surface area contributed by atoms with Crippen molar-refractivity contribution in [3.8, 4) is 0 Å². The number of hydrogen-bond acceptors (Lipinski definition) is 5. The van der Waals surface area contributed by atoms with Crippen LogP contribution in [0.2, 0.25) is 0 Å². The number of non-ortho nitro benzene ring substituents is 1. The predicted octanol–water partition coefficient (Wildman–Crippen LogP) is 1.99. The van der Waals surface area contributed by atoms with Gasteiger partial charge in [0.2, 0.25) is 5.91 Å². The largest absolute Gasteiger partial charge is 0.359 e. The van der Waals surface area contributed by atoms with Crippen molar-refractivity contribution < 1.29 is 18.1 Å². The summed E-state index contributed by atoms with van der Waals surface area (Å²) in [5, 5.41) is 13.4. The summed E-state index contributed by atoms with van der Waals surface area (Å²) < 4.78 is 27.4. The van der Waals surface area contributed by atoms with E-state index in [-0.39, 0.29) is 22.9 Å². The van der Waals surface area contributed by atoms with Crippen LogP contribution in [0.15, 0.2) is 47.4 Å². The smallest absolute Gasteiger partial charge is 0.270 e. The lowest BCUT2D eigenvalue weighted by atomic mass is 10.1. The van der Waals surface area contributed by atoms with Crippen molar-refractivity contribution in [2.45, 2.75) is 18.2 Å². The summed E-state index contributed by atoms with van der Waals surface area (Å²) in [6.07, 6.45) is 0.188. The molecule has 0 aliphatic heterocycles. The fourth-order valence-electron chi connectivity index (χ4n) is 2.17. The molecule has 1 amide bonds. The van der Waals surface area contributed by atoms with Gasteiger partial charge >= 0.3 is 0 Å². The van der Waals surface area contributed by atoms with Gasteiger partial charge in [-0.25, -0.2) is 8.42 Å². The minimum Gasteiger partial charge on any atom is -0.359 e. The van der Waals surface area contributed by atoms with Crippen molar-refractivity contribution in [2.24, 2.45) is 0 Å². The maximum Gasteiger partial charge on any atom is 0.270 e. The number of nitro benzene ring substituents is 1. The molecular weight excluding hydrogens is 346 g/mol. The quantitative estimate of drug-likeness (QED) is 0.601. The van der Waals surface area contributed by atoms with Crippen LogP contribution in [0.5, 0.6) is 0 Å². The number of amides is 1. The lowest BCUT2D eigenvalue weighted by Gasteiger charge is -2.11. The SMILES string of the molecule is CNC(=O)Cc1ccc(NS(=O)(=O)c2cc([N+](=O)[O-])ccc2C)cc1. The van der Waals surface area contributed by atoms with Gasteiger partial charge in [-0.05, 0) is 30.2 Å². The molecule has 0 spiro atoms. The predicted molar refractivity (Wildman–Crippen MR) is 92.9 cm³/mol. The Labute approximate surface area is 145 Å². The van der Waals surface area contributed by atoms with Crippen LogP contribution in [0.4, 0.5) is 11.4 Å². The molecular formula is C16H17N3O5S. The zero-order valence-electron chi connectivity index (χ0n) is 13.6. The minimum absolute atomic E-state index is 0.152. The average Bonchev–Trinajstić information content (AvgIpc) is 2.56. The summed E-state index contributed by atoms with van der Waals surface area (Å²) in [6.45, 7) is 1.56. The van der Waals surface area contributed by atoms with Gasteiger partial charge < -0.3 is 5.32 Å². The standard InChI is InChI=1S/C16H17N3O5S/c1-11-3-8-14(19(21)22)10-15(11)25(23,24)18-13-6-4-12(5-7-13)9-16(20)17-2/h3-8,10,18H,9H2,1-2H3,(H,17,20). The molecule has 0 radical (unpaired) electrons. The van der Waals surface area contributed by atoms with E-state index in [0.717, 1.165) is 11.6 Å². The van der Waals surface area contributed by atoms with Gasteiger partial charge in [0.15, 0.2) is 0 Å². The highest BCUT2D eigenvalue weighted by Gasteiger charge is 2.20. The van der Waals surface area contributed by atoms with Gasteiger partial charge in [-0.2, -0.15) is 0 Å². The van der Waals surface area contributed by atoms with E-state index in [2.05, 4.69) is 10.0 Å². The van der Waals surface area contributed by atoms with Gasteiger partial charge in [-0.3, -0.25) is 19.6 Å². The second-order valence-electron chi connectivity index (χ2n) is 5.36. The summed E-state index contributed by atoms with van der Waals surface area (Å²) in [5.41, 5.74) is 1.13. The lowest BCUT2D eigenvalue weighted by molar-refractivity contribution is -0.385. The van der Waals surface area contributed by atoms with Gasteiger partial charge in [0.1, 0.15) is 0 Å². The number of likely N-dealkylation sites (N-methyl/N-ethyl adjacent to an activating group) is 1. The Hall–Kier alpha value is -2.94. The number of nitrogens with one attached hydrogen (secondary N) is 2. The summed E-state index contributed by atoms with van der Waals surface area (Å²) >= 11 is 0. The number of benzene rings is 2. The number of hydrogen-bond donors (Lipinski definition) is 2. The van der Waals surface area contributed by atoms with E-state index in [1.54, 1.807) is 19.1 Å². The van der Waals surface area contributed by atoms with E-state index in [1.807, 2.05) is 0 Å². The molecule has 0 aliphatic carbocycles. The van der Waals surface area contributed by atoms with E-state index in [4.69, 9.17) is 0 Å². The Balaban J connectivity index is 2.25. The molecule has 2 N–H and O–H groups in total. The first-order chi connectivity index (χ1) is 11.7. The van der Waals surface area contributed by atoms with Gasteiger partial charge in [0.25, 0.3) is 15.7 Å². The second-order valence-corrected chi connectivity index (χ2v) is 7.01. The highest BCUT2D eigenvalue weighted by Crippen LogP contribution is 2.24. The third-order valence-electron chi connectivity index (χ3n) is 3.52. The zero-order valence-corrected chi connectivity index (χ0v) is 14.5. The number of carbonyl (C=O) groups is 1. The minimum atomic E-state index is -3.97. The average molecular weight is 363 g/mol. The maximum absolute atomic E-state index is 12.5. The molecule has 9 heteroatoms.